The zero-order chi connectivity index (χ0) is 14.0. The van der Waals surface area contributed by atoms with Crippen molar-refractivity contribution in [1.29, 1.82) is 0 Å². The van der Waals surface area contributed by atoms with Gasteiger partial charge in [-0.3, -0.25) is 4.79 Å². The van der Waals surface area contributed by atoms with Crippen LogP contribution in [-0.4, -0.2) is 43.4 Å². The largest absolute Gasteiger partial charge is 0.483 e. The molecule has 2 atom stereocenters. The number of aliphatic imine (C=N–C) groups is 2. The standard InChI is InChI=1S/C14H20N2O3/c1-9(2)11-12(18-3)16-14(13(15-11)19-4)8-6-5-7-10(14)17/h5,7,9,11H,6,8H2,1-4H3/t11-,14+/m1/s1. The van der Waals surface area contributed by atoms with Crippen LogP contribution in [0.2, 0.25) is 0 Å². The Kier molecular flexibility index (Phi) is 3.73. The third kappa shape index (κ3) is 2.17. The second-order valence-electron chi connectivity index (χ2n) is 5.15. The Hall–Kier alpha value is -1.65. The first kappa shape index (κ1) is 13.8. The van der Waals surface area contributed by atoms with Gasteiger partial charge in [-0.15, -0.1) is 0 Å². The average Bonchev–Trinajstić information content (AvgIpc) is 2.41. The summed E-state index contributed by atoms with van der Waals surface area (Å²) >= 11 is 0. The number of hydrogen-bond donors (Lipinski definition) is 0. The lowest BCUT2D eigenvalue weighted by Gasteiger charge is -2.35. The summed E-state index contributed by atoms with van der Waals surface area (Å²) in [6.45, 7) is 4.08. The van der Waals surface area contributed by atoms with E-state index in [1.54, 1.807) is 13.2 Å². The Bertz CT molecular complexity index is 465. The number of rotatable bonds is 1. The average molecular weight is 264 g/mol. The van der Waals surface area contributed by atoms with E-state index in [1.165, 1.54) is 7.11 Å². The zero-order valence-corrected chi connectivity index (χ0v) is 11.8. The summed E-state index contributed by atoms with van der Waals surface area (Å²) in [6, 6.07) is -0.190. The van der Waals surface area contributed by atoms with Gasteiger partial charge in [0.15, 0.2) is 5.78 Å². The van der Waals surface area contributed by atoms with Gasteiger partial charge in [-0.1, -0.05) is 19.9 Å². The lowest BCUT2D eigenvalue weighted by Crippen LogP contribution is -2.52. The molecule has 2 rings (SSSR count). The number of ketones is 1. The van der Waals surface area contributed by atoms with Crippen LogP contribution in [0.3, 0.4) is 0 Å². The quantitative estimate of drug-likeness (QED) is 0.725. The molecule has 104 valence electrons. The molecule has 0 unspecified atom stereocenters. The third-order valence-electron chi connectivity index (χ3n) is 3.55. The van der Waals surface area contributed by atoms with Crippen LogP contribution in [0, 0.1) is 5.92 Å². The molecular formula is C14H20N2O3. The first-order valence-corrected chi connectivity index (χ1v) is 6.52. The molecule has 1 spiro atoms. The molecule has 0 bridgehead atoms. The van der Waals surface area contributed by atoms with Gasteiger partial charge in [-0.2, -0.15) is 0 Å². The molecule has 0 saturated heterocycles. The highest BCUT2D eigenvalue weighted by Crippen LogP contribution is 2.32. The van der Waals surface area contributed by atoms with Crippen molar-refractivity contribution in [1.82, 2.24) is 0 Å². The van der Waals surface area contributed by atoms with E-state index in [0.29, 0.717) is 18.2 Å². The second kappa shape index (κ2) is 5.15. The summed E-state index contributed by atoms with van der Waals surface area (Å²) in [5.74, 6) is 1.06. The Morgan fingerprint density at radius 1 is 1.37 bits per heavy atom. The number of allylic oxidation sites excluding steroid dienone is 1. The predicted molar refractivity (Wildman–Crippen MR) is 73.6 cm³/mol. The minimum Gasteiger partial charge on any atom is -0.483 e. The van der Waals surface area contributed by atoms with E-state index in [9.17, 15) is 4.79 Å². The van der Waals surface area contributed by atoms with Gasteiger partial charge in [0.1, 0.15) is 6.04 Å². The first-order chi connectivity index (χ1) is 9.05. The Morgan fingerprint density at radius 3 is 2.63 bits per heavy atom. The van der Waals surface area contributed by atoms with Gasteiger partial charge in [-0.25, -0.2) is 9.98 Å². The van der Waals surface area contributed by atoms with Crippen LogP contribution in [0.15, 0.2) is 22.1 Å². The number of methoxy groups -OCH3 is 2. The fourth-order valence-corrected chi connectivity index (χ4v) is 2.48. The second-order valence-corrected chi connectivity index (χ2v) is 5.15. The van der Waals surface area contributed by atoms with E-state index in [0.717, 1.165) is 6.42 Å². The topological polar surface area (TPSA) is 60.2 Å². The van der Waals surface area contributed by atoms with Gasteiger partial charge in [0.05, 0.1) is 14.2 Å². The van der Waals surface area contributed by atoms with Crippen molar-refractivity contribution >= 4 is 17.6 Å². The van der Waals surface area contributed by atoms with E-state index in [-0.39, 0.29) is 17.7 Å². The zero-order valence-electron chi connectivity index (χ0n) is 11.8. The molecule has 5 nitrogen and oxygen atoms in total. The van der Waals surface area contributed by atoms with E-state index < -0.39 is 5.54 Å². The maximum absolute atomic E-state index is 12.3. The molecule has 0 aromatic heterocycles. The number of hydrogen-bond acceptors (Lipinski definition) is 5. The molecule has 2 aliphatic rings. The minimum absolute atomic E-state index is 0.0869. The summed E-state index contributed by atoms with van der Waals surface area (Å²) in [5, 5.41) is 0. The number of carbonyl (C=O) groups is 1. The van der Waals surface area contributed by atoms with Crippen molar-refractivity contribution in [2.24, 2.45) is 15.9 Å². The summed E-state index contributed by atoms with van der Waals surface area (Å²) in [5.41, 5.74) is -1.01. The number of ether oxygens (including phenoxy) is 2. The Balaban J connectivity index is 2.50. The van der Waals surface area contributed by atoms with Crippen LogP contribution in [-0.2, 0) is 14.3 Å². The van der Waals surface area contributed by atoms with Gasteiger partial charge >= 0.3 is 0 Å². The maximum atomic E-state index is 12.3. The van der Waals surface area contributed by atoms with Crippen molar-refractivity contribution in [3.8, 4) is 0 Å². The maximum Gasteiger partial charge on any atom is 0.221 e. The van der Waals surface area contributed by atoms with Gasteiger partial charge in [0.2, 0.25) is 17.3 Å². The predicted octanol–water partition coefficient (Wildman–Crippen LogP) is 1.77. The van der Waals surface area contributed by atoms with Crippen LogP contribution >= 0.6 is 0 Å². The fourth-order valence-electron chi connectivity index (χ4n) is 2.48. The summed E-state index contributed by atoms with van der Waals surface area (Å²) in [6.07, 6.45) is 4.77. The normalized spacial score (nSPS) is 30.4. The molecule has 5 heteroatoms. The Labute approximate surface area is 113 Å². The lowest BCUT2D eigenvalue weighted by molar-refractivity contribution is -0.118. The molecule has 0 aromatic carbocycles. The SMILES string of the molecule is COC1=N[C@]2(CCC=CC2=O)C(OC)=N[C@@H]1C(C)C. The van der Waals surface area contributed by atoms with Gasteiger partial charge < -0.3 is 9.47 Å². The van der Waals surface area contributed by atoms with Gasteiger partial charge in [0.25, 0.3) is 0 Å². The Morgan fingerprint density at radius 2 is 2.11 bits per heavy atom. The van der Waals surface area contributed by atoms with Crippen molar-refractivity contribution < 1.29 is 14.3 Å². The summed E-state index contributed by atoms with van der Waals surface area (Å²) in [4.78, 5) is 21.4. The van der Waals surface area contributed by atoms with Crippen molar-refractivity contribution in [2.45, 2.75) is 38.3 Å². The molecule has 1 aliphatic carbocycles. The van der Waals surface area contributed by atoms with Crippen LogP contribution < -0.4 is 0 Å². The molecule has 0 saturated carbocycles. The van der Waals surface area contributed by atoms with Crippen molar-refractivity contribution in [3.05, 3.63) is 12.2 Å². The van der Waals surface area contributed by atoms with Gasteiger partial charge in [-0.05, 0) is 24.8 Å². The van der Waals surface area contributed by atoms with Crippen LogP contribution in [0.5, 0.6) is 0 Å². The summed E-state index contributed by atoms with van der Waals surface area (Å²) in [7, 11) is 3.11. The van der Waals surface area contributed by atoms with E-state index in [4.69, 9.17) is 9.47 Å². The molecule has 1 aliphatic heterocycles. The van der Waals surface area contributed by atoms with Crippen molar-refractivity contribution in [3.63, 3.8) is 0 Å². The van der Waals surface area contributed by atoms with Gasteiger partial charge in [0, 0.05) is 0 Å². The molecule has 0 fully saturated rings. The first-order valence-electron chi connectivity index (χ1n) is 6.52. The molecular weight excluding hydrogens is 244 g/mol. The number of nitrogens with zero attached hydrogens (tertiary/aromatic N) is 2. The minimum atomic E-state index is -1.01. The number of carbonyl (C=O) groups excluding carboxylic acids is 1. The summed E-state index contributed by atoms with van der Waals surface area (Å²) < 4.78 is 10.7. The third-order valence-corrected chi connectivity index (χ3v) is 3.55. The molecule has 0 aromatic rings. The smallest absolute Gasteiger partial charge is 0.221 e. The molecule has 1 heterocycles. The molecule has 19 heavy (non-hydrogen) atoms. The van der Waals surface area contributed by atoms with E-state index in [2.05, 4.69) is 9.98 Å². The van der Waals surface area contributed by atoms with Crippen LogP contribution in [0.25, 0.3) is 0 Å². The van der Waals surface area contributed by atoms with Crippen LogP contribution in [0.4, 0.5) is 0 Å². The van der Waals surface area contributed by atoms with Crippen LogP contribution in [0.1, 0.15) is 26.7 Å². The monoisotopic (exact) mass is 264 g/mol. The van der Waals surface area contributed by atoms with E-state index in [1.807, 2.05) is 19.9 Å². The molecule has 0 radical (unpaired) electrons. The van der Waals surface area contributed by atoms with E-state index >= 15 is 0 Å². The fraction of sp³-hybridized carbons (Fsp3) is 0.643. The molecule has 0 N–H and O–H groups in total. The highest BCUT2D eigenvalue weighted by Gasteiger charge is 2.48. The highest BCUT2D eigenvalue weighted by molar-refractivity contribution is 6.18. The molecule has 0 amide bonds. The highest BCUT2D eigenvalue weighted by atomic mass is 16.5. The lowest BCUT2D eigenvalue weighted by atomic mass is 9.83. The van der Waals surface area contributed by atoms with Crippen molar-refractivity contribution in [2.75, 3.05) is 14.2 Å².